The fraction of sp³-hybridized carbons (Fsp3) is 0.941. The number of hydrogen-bond acceptors (Lipinski definition) is 4. The van der Waals surface area contributed by atoms with Crippen molar-refractivity contribution in [1.29, 1.82) is 0 Å². The Morgan fingerprint density at radius 1 is 0.952 bits per heavy atom. The molecule has 0 radical (unpaired) electrons. The first-order chi connectivity index (χ1) is 10.1. The molecule has 0 heterocycles. The molecule has 2 atom stereocenters. The summed E-state index contributed by atoms with van der Waals surface area (Å²) in [6, 6.07) is 0. The lowest BCUT2D eigenvalue weighted by molar-refractivity contribution is 0.0231. The molecule has 2 unspecified atom stereocenters. The van der Waals surface area contributed by atoms with Crippen LogP contribution in [0.2, 0.25) is 0 Å². The monoisotopic (exact) mass is 302 g/mol. The molecule has 0 saturated carbocycles. The zero-order valence-corrected chi connectivity index (χ0v) is 14.1. The minimum atomic E-state index is -0.680. The van der Waals surface area contributed by atoms with Gasteiger partial charge in [-0.2, -0.15) is 0 Å². The molecule has 0 rings (SSSR count). The Balaban J connectivity index is 3.26. The zero-order chi connectivity index (χ0) is 15.9. The third-order valence-electron chi connectivity index (χ3n) is 3.55. The Kier molecular flexibility index (Phi) is 13.7. The Morgan fingerprint density at radius 3 is 2.19 bits per heavy atom. The standard InChI is InChI=1S/C17H34O4/c1-4-5-8-11-15(2)12-9-6-7-10-13-20-17(19)21-14-16(3)18/h15-16,18H,4-14H2,1-3H3. The molecule has 0 saturated heterocycles. The molecule has 1 N–H and O–H groups in total. The van der Waals surface area contributed by atoms with Gasteiger partial charge >= 0.3 is 6.16 Å². The highest BCUT2D eigenvalue weighted by molar-refractivity contribution is 5.59. The molecule has 0 aliphatic carbocycles. The number of unbranched alkanes of at least 4 members (excludes halogenated alkanes) is 5. The van der Waals surface area contributed by atoms with Gasteiger partial charge in [0.05, 0.1) is 12.7 Å². The third-order valence-corrected chi connectivity index (χ3v) is 3.55. The average molecular weight is 302 g/mol. The summed E-state index contributed by atoms with van der Waals surface area (Å²) in [4.78, 5) is 11.1. The predicted octanol–water partition coefficient (Wildman–Crippen LogP) is 4.69. The van der Waals surface area contributed by atoms with Crippen LogP contribution in [0.15, 0.2) is 0 Å². The highest BCUT2D eigenvalue weighted by Crippen LogP contribution is 2.16. The summed E-state index contributed by atoms with van der Waals surface area (Å²) in [5.74, 6) is 0.836. The van der Waals surface area contributed by atoms with Gasteiger partial charge in [0.1, 0.15) is 6.61 Å². The van der Waals surface area contributed by atoms with E-state index in [9.17, 15) is 4.79 Å². The fourth-order valence-electron chi connectivity index (χ4n) is 2.22. The van der Waals surface area contributed by atoms with E-state index in [2.05, 4.69) is 13.8 Å². The first-order valence-corrected chi connectivity index (χ1v) is 8.53. The molecular formula is C17H34O4. The van der Waals surface area contributed by atoms with E-state index >= 15 is 0 Å². The van der Waals surface area contributed by atoms with Crippen LogP contribution in [0.3, 0.4) is 0 Å². The molecular weight excluding hydrogens is 268 g/mol. The van der Waals surface area contributed by atoms with E-state index in [4.69, 9.17) is 14.6 Å². The molecule has 0 aromatic heterocycles. The number of rotatable bonds is 13. The number of carbonyl (C=O) groups is 1. The Labute approximate surface area is 130 Å². The maximum absolute atomic E-state index is 11.1. The normalized spacial score (nSPS) is 13.7. The Morgan fingerprint density at radius 2 is 1.57 bits per heavy atom. The van der Waals surface area contributed by atoms with Gasteiger partial charge in [-0.25, -0.2) is 4.79 Å². The lowest BCUT2D eigenvalue weighted by Gasteiger charge is -2.10. The van der Waals surface area contributed by atoms with Crippen molar-refractivity contribution in [3.05, 3.63) is 0 Å². The quantitative estimate of drug-likeness (QED) is 0.396. The van der Waals surface area contributed by atoms with Gasteiger partial charge in [0.2, 0.25) is 0 Å². The Bertz CT molecular complexity index is 241. The lowest BCUT2D eigenvalue weighted by atomic mass is 9.97. The van der Waals surface area contributed by atoms with Gasteiger partial charge in [0, 0.05) is 0 Å². The van der Waals surface area contributed by atoms with Crippen molar-refractivity contribution in [2.75, 3.05) is 13.2 Å². The van der Waals surface area contributed by atoms with Gasteiger partial charge in [0.15, 0.2) is 0 Å². The van der Waals surface area contributed by atoms with Crippen LogP contribution in [0.25, 0.3) is 0 Å². The van der Waals surface area contributed by atoms with Crippen LogP contribution in [0.5, 0.6) is 0 Å². The van der Waals surface area contributed by atoms with E-state index in [0.717, 1.165) is 18.8 Å². The molecule has 21 heavy (non-hydrogen) atoms. The number of carbonyl (C=O) groups excluding carboxylic acids is 1. The average Bonchev–Trinajstić information content (AvgIpc) is 2.44. The summed E-state index contributed by atoms with van der Waals surface area (Å²) in [7, 11) is 0. The molecule has 4 nitrogen and oxygen atoms in total. The second-order valence-electron chi connectivity index (χ2n) is 6.06. The van der Waals surface area contributed by atoms with E-state index in [1.54, 1.807) is 6.92 Å². The number of aliphatic hydroxyl groups excluding tert-OH is 1. The summed E-state index contributed by atoms with van der Waals surface area (Å²) in [5.41, 5.74) is 0. The van der Waals surface area contributed by atoms with E-state index in [1.807, 2.05) is 0 Å². The van der Waals surface area contributed by atoms with Crippen molar-refractivity contribution in [2.45, 2.75) is 84.7 Å². The second-order valence-corrected chi connectivity index (χ2v) is 6.06. The van der Waals surface area contributed by atoms with Crippen LogP contribution in [0, 0.1) is 5.92 Å². The topological polar surface area (TPSA) is 55.8 Å². The minimum absolute atomic E-state index is 0.00521. The van der Waals surface area contributed by atoms with Crippen LogP contribution in [0.1, 0.15) is 78.6 Å². The largest absolute Gasteiger partial charge is 0.508 e. The SMILES string of the molecule is CCCCCC(C)CCCCCCOC(=O)OCC(C)O. The predicted molar refractivity (Wildman–Crippen MR) is 85.4 cm³/mol. The van der Waals surface area contributed by atoms with Gasteiger partial charge in [-0.3, -0.25) is 0 Å². The molecule has 126 valence electrons. The molecule has 4 heteroatoms. The smallest absolute Gasteiger partial charge is 0.434 e. The van der Waals surface area contributed by atoms with Crippen molar-refractivity contribution >= 4 is 6.16 Å². The number of aliphatic hydroxyl groups is 1. The van der Waals surface area contributed by atoms with Gasteiger partial charge < -0.3 is 14.6 Å². The summed E-state index contributed by atoms with van der Waals surface area (Å²) in [5, 5.41) is 8.95. The van der Waals surface area contributed by atoms with Crippen LogP contribution >= 0.6 is 0 Å². The van der Waals surface area contributed by atoms with E-state index < -0.39 is 12.3 Å². The number of hydrogen-bond donors (Lipinski definition) is 1. The highest BCUT2D eigenvalue weighted by atomic mass is 16.7. The molecule has 0 aliphatic heterocycles. The summed E-state index contributed by atoms with van der Waals surface area (Å²) in [6.45, 7) is 6.56. The van der Waals surface area contributed by atoms with Crippen LogP contribution < -0.4 is 0 Å². The highest BCUT2D eigenvalue weighted by Gasteiger charge is 2.05. The van der Waals surface area contributed by atoms with Crippen molar-refractivity contribution in [3.8, 4) is 0 Å². The molecule has 0 aromatic rings. The maximum atomic E-state index is 11.1. The van der Waals surface area contributed by atoms with E-state index in [1.165, 1.54) is 44.9 Å². The zero-order valence-electron chi connectivity index (χ0n) is 14.1. The molecule has 0 fully saturated rings. The minimum Gasteiger partial charge on any atom is -0.434 e. The first-order valence-electron chi connectivity index (χ1n) is 8.53. The van der Waals surface area contributed by atoms with E-state index in [-0.39, 0.29) is 6.61 Å². The van der Waals surface area contributed by atoms with Crippen molar-refractivity contribution in [1.82, 2.24) is 0 Å². The van der Waals surface area contributed by atoms with E-state index in [0.29, 0.717) is 6.61 Å². The molecule has 0 spiro atoms. The molecule has 0 aromatic carbocycles. The van der Waals surface area contributed by atoms with Crippen molar-refractivity contribution in [3.63, 3.8) is 0 Å². The second kappa shape index (κ2) is 14.2. The van der Waals surface area contributed by atoms with Gasteiger partial charge in [0.25, 0.3) is 0 Å². The van der Waals surface area contributed by atoms with Gasteiger partial charge in [-0.1, -0.05) is 65.2 Å². The summed E-state index contributed by atoms with van der Waals surface area (Å²) in [6.07, 6.45) is 9.78. The van der Waals surface area contributed by atoms with Gasteiger partial charge in [-0.15, -0.1) is 0 Å². The fourth-order valence-corrected chi connectivity index (χ4v) is 2.22. The molecule has 0 amide bonds. The Hall–Kier alpha value is -0.770. The summed E-state index contributed by atoms with van der Waals surface area (Å²) >= 11 is 0. The van der Waals surface area contributed by atoms with Crippen LogP contribution in [0.4, 0.5) is 4.79 Å². The van der Waals surface area contributed by atoms with Crippen molar-refractivity contribution < 1.29 is 19.4 Å². The molecule has 0 bridgehead atoms. The molecule has 0 aliphatic rings. The van der Waals surface area contributed by atoms with Gasteiger partial charge in [-0.05, 0) is 19.3 Å². The van der Waals surface area contributed by atoms with Crippen LogP contribution in [-0.4, -0.2) is 30.6 Å². The van der Waals surface area contributed by atoms with Crippen molar-refractivity contribution in [2.24, 2.45) is 5.92 Å². The first kappa shape index (κ1) is 20.2. The maximum Gasteiger partial charge on any atom is 0.508 e. The third kappa shape index (κ3) is 15.4. The lowest BCUT2D eigenvalue weighted by Crippen LogP contribution is -2.16. The summed E-state index contributed by atoms with van der Waals surface area (Å²) < 4.78 is 9.61. The number of ether oxygens (including phenoxy) is 2. The van der Waals surface area contributed by atoms with Crippen LogP contribution in [-0.2, 0) is 9.47 Å².